The Morgan fingerprint density at radius 3 is 2.26 bits per heavy atom. The molecule has 0 aliphatic carbocycles. The van der Waals surface area contributed by atoms with E-state index in [4.69, 9.17) is 9.31 Å². The Bertz CT molecular complexity index is 1510. The lowest BCUT2D eigenvalue weighted by molar-refractivity contribution is 0.00578. The van der Waals surface area contributed by atoms with Crippen molar-refractivity contribution in [2.75, 3.05) is 0 Å². The first-order chi connectivity index (χ1) is 16.0. The Morgan fingerprint density at radius 1 is 1.00 bits per heavy atom. The maximum absolute atomic E-state index is 13.4. The van der Waals surface area contributed by atoms with Crippen LogP contribution in [0.5, 0.6) is 0 Å². The molecule has 0 radical (unpaired) electrons. The Hall–Kier alpha value is -3.49. The molecule has 4 aromatic rings. The van der Waals surface area contributed by atoms with Gasteiger partial charge < -0.3 is 14.4 Å². The smallest absolute Gasteiger partial charge is 0.478 e. The molecule has 0 saturated carbocycles. The Labute approximate surface area is 197 Å². The lowest BCUT2D eigenvalue weighted by atomic mass is 9.79. The summed E-state index contributed by atoms with van der Waals surface area (Å²) in [4.78, 5) is 30.1. The van der Waals surface area contributed by atoms with Crippen LogP contribution in [-0.4, -0.2) is 38.9 Å². The number of hydrogen-bond donors (Lipinski definition) is 1. The Balaban J connectivity index is 1.63. The number of carbonyl (C=O) groups is 1. The van der Waals surface area contributed by atoms with Gasteiger partial charge in [-0.1, -0.05) is 30.3 Å². The van der Waals surface area contributed by atoms with E-state index in [0.717, 1.165) is 16.4 Å². The van der Waals surface area contributed by atoms with Gasteiger partial charge in [0, 0.05) is 17.3 Å². The van der Waals surface area contributed by atoms with Gasteiger partial charge in [-0.2, -0.15) is 0 Å². The molecule has 2 aromatic heterocycles. The number of carboxylic acid groups (broad SMARTS) is 1. The summed E-state index contributed by atoms with van der Waals surface area (Å²) in [7, 11) is -0.527. The highest BCUT2D eigenvalue weighted by molar-refractivity contribution is 6.62. The molecule has 7 nitrogen and oxygen atoms in total. The van der Waals surface area contributed by atoms with Crippen molar-refractivity contribution in [2.45, 2.75) is 45.8 Å². The summed E-state index contributed by atoms with van der Waals surface area (Å²) >= 11 is 0. The molecule has 2 aromatic carbocycles. The van der Waals surface area contributed by atoms with Gasteiger partial charge in [0.1, 0.15) is 5.56 Å². The number of aromatic nitrogens is 2. The Morgan fingerprint density at radius 2 is 1.65 bits per heavy atom. The summed E-state index contributed by atoms with van der Waals surface area (Å²) in [6, 6.07) is 14.6. The van der Waals surface area contributed by atoms with Crippen LogP contribution in [0.15, 0.2) is 59.5 Å². The second-order valence-electron chi connectivity index (χ2n) is 9.73. The van der Waals surface area contributed by atoms with Gasteiger partial charge >= 0.3 is 13.1 Å². The van der Waals surface area contributed by atoms with E-state index < -0.39 is 24.3 Å². The van der Waals surface area contributed by atoms with E-state index >= 15 is 0 Å². The van der Waals surface area contributed by atoms with Gasteiger partial charge in [0.15, 0.2) is 0 Å². The molecule has 0 unspecified atom stereocenters. The van der Waals surface area contributed by atoms with Gasteiger partial charge in [-0.15, -0.1) is 0 Å². The number of fused-ring (bicyclic) bond motifs is 2. The van der Waals surface area contributed by atoms with Crippen LogP contribution in [-0.2, 0) is 9.31 Å². The largest absolute Gasteiger partial charge is 0.494 e. The van der Waals surface area contributed by atoms with Crippen LogP contribution in [0.4, 0.5) is 0 Å². The maximum atomic E-state index is 13.4. The number of hydrogen-bond acceptors (Lipinski definition) is 5. The molecule has 8 heteroatoms. The van der Waals surface area contributed by atoms with E-state index in [2.05, 4.69) is 4.98 Å². The normalized spacial score (nSPS) is 16.9. The number of carboxylic acids is 1. The first kappa shape index (κ1) is 22.3. The number of aryl methyl sites for hydroxylation is 1. The zero-order valence-corrected chi connectivity index (χ0v) is 19.7. The third kappa shape index (κ3) is 3.41. The van der Waals surface area contributed by atoms with E-state index in [9.17, 15) is 14.7 Å². The quantitative estimate of drug-likeness (QED) is 0.372. The number of para-hydroxylation sites is 1. The molecular formula is C26H25BN2O5. The molecule has 0 amide bonds. The van der Waals surface area contributed by atoms with Gasteiger partial charge in [-0.05, 0) is 63.8 Å². The third-order valence-electron chi connectivity index (χ3n) is 6.94. The number of rotatable bonds is 3. The maximum Gasteiger partial charge on any atom is 0.494 e. The monoisotopic (exact) mass is 456 g/mol. The van der Waals surface area contributed by atoms with Gasteiger partial charge in [-0.25, -0.2) is 9.78 Å². The van der Waals surface area contributed by atoms with Crippen molar-refractivity contribution in [3.05, 3.63) is 76.2 Å². The van der Waals surface area contributed by atoms with E-state index in [-0.39, 0.29) is 22.0 Å². The van der Waals surface area contributed by atoms with Crippen LogP contribution in [0.1, 0.15) is 43.6 Å². The van der Waals surface area contributed by atoms with Crippen LogP contribution in [0.2, 0.25) is 0 Å². The molecule has 5 rings (SSSR count). The Kier molecular flexibility index (Phi) is 4.93. The fraction of sp³-hybridized carbons (Fsp3) is 0.269. The number of pyridine rings is 2. The second-order valence-corrected chi connectivity index (χ2v) is 9.73. The highest BCUT2D eigenvalue weighted by Crippen LogP contribution is 2.36. The molecule has 1 aliphatic heterocycles. The molecule has 0 atom stereocenters. The molecule has 0 bridgehead atoms. The molecular weight excluding hydrogens is 431 g/mol. The lowest BCUT2D eigenvalue weighted by Crippen LogP contribution is -2.41. The lowest BCUT2D eigenvalue weighted by Gasteiger charge is -2.32. The zero-order chi connectivity index (χ0) is 24.4. The van der Waals surface area contributed by atoms with Crippen molar-refractivity contribution in [3.8, 4) is 5.69 Å². The predicted molar refractivity (Wildman–Crippen MR) is 132 cm³/mol. The SMILES string of the molecule is Cc1cccc2cc3c(=O)n(-c4ccc(B5OC(C)(C)C(C)(C)O5)cc4)cc(C(=O)O)c3nc12. The van der Waals surface area contributed by atoms with Crippen molar-refractivity contribution in [1.82, 2.24) is 9.55 Å². The van der Waals surface area contributed by atoms with Crippen molar-refractivity contribution in [2.24, 2.45) is 0 Å². The van der Waals surface area contributed by atoms with Crippen LogP contribution in [0.3, 0.4) is 0 Å². The van der Waals surface area contributed by atoms with E-state index in [1.807, 2.05) is 65.0 Å². The number of nitrogens with zero attached hydrogens (tertiary/aromatic N) is 2. The van der Waals surface area contributed by atoms with Gasteiger partial charge in [-0.3, -0.25) is 9.36 Å². The minimum atomic E-state index is -1.15. The summed E-state index contributed by atoms with van der Waals surface area (Å²) in [6.07, 6.45) is 1.34. The van der Waals surface area contributed by atoms with E-state index in [1.54, 1.807) is 18.2 Å². The molecule has 172 valence electrons. The summed E-state index contributed by atoms with van der Waals surface area (Å²) in [5, 5.41) is 10.9. The fourth-order valence-electron chi connectivity index (χ4n) is 4.21. The average molecular weight is 456 g/mol. The summed E-state index contributed by atoms with van der Waals surface area (Å²) in [5.41, 5.74) is 1.85. The molecule has 34 heavy (non-hydrogen) atoms. The minimum absolute atomic E-state index is 0.0326. The van der Waals surface area contributed by atoms with E-state index in [1.165, 1.54) is 10.8 Å². The first-order valence-corrected chi connectivity index (χ1v) is 11.1. The molecule has 3 heterocycles. The first-order valence-electron chi connectivity index (χ1n) is 11.1. The molecule has 1 saturated heterocycles. The van der Waals surface area contributed by atoms with Crippen molar-refractivity contribution >= 4 is 40.4 Å². The molecule has 1 fully saturated rings. The van der Waals surface area contributed by atoms with Crippen molar-refractivity contribution in [3.63, 3.8) is 0 Å². The summed E-state index contributed by atoms with van der Waals surface area (Å²) in [6.45, 7) is 9.86. The average Bonchev–Trinajstić information content (AvgIpc) is 3.00. The van der Waals surface area contributed by atoms with Gasteiger partial charge in [0.25, 0.3) is 5.56 Å². The predicted octanol–water partition coefficient (Wildman–Crippen LogP) is 3.84. The molecule has 1 aliphatic rings. The number of benzene rings is 2. The highest BCUT2D eigenvalue weighted by atomic mass is 16.7. The zero-order valence-electron chi connectivity index (χ0n) is 19.7. The summed E-state index contributed by atoms with van der Waals surface area (Å²) < 4.78 is 13.6. The topological polar surface area (TPSA) is 90.7 Å². The van der Waals surface area contributed by atoms with Crippen molar-refractivity contribution in [1.29, 1.82) is 0 Å². The van der Waals surface area contributed by atoms with Crippen LogP contribution in [0.25, 0.3) is 27.5 Å². The summed E-state index contributed by atoms with van der Waals surface area (Å²) in [5.74, 6) is -1.15. The van der Waals surface area contributed by atoms with Crippen LogP contribution >= 0.6 is 0 Å². The fourth-order valence-corrected chi connectivity index (χ4v) is 4.21. The highest BCUT2D eigenvalue weighted by Gasteiger charge is 2.51. The third-order valence-corrected chi connectivity index (χ3v) is 6.94. The van der Waals surface area contributed by atoms with Crippen LogP contribution < -0.4 is 11.0 Å². The second kappa shape index (κ2) is 7.51. The molecule has 1 N–H and O–H groups in total. The van der Waals surface area contributed by atoms with Crippen molar-refractivity contribution < 1.29 is 19.2 Å². The molecule has 0 spiro atoms. The van der Waals surface area contributed by atoms with Crippen LogP contribution in [0, 0.1) is 6.92 Å². The van der Waals surface area contributed by atoms with Gasteiger partial charge in [0.2, 0.25) is 0 Å². The van der Waals surface area contributed by atoms with E-state index in [0.29, 0.717) is 11.2 Å². The minimum Gasteiger partial charge on any atom is -0.478 e. The number of aromatic carboxylic acids is 1. The standard InChI is InChI=1S/C26H25BN2O5/c1-15-7-6-8-16-13-19-22(28-21(15)16)20(24(31)32)14-29(23(19)30)18-11-9-17(10-12-18)27-33-25(2,3)26(4,5)34-27/h6-14H,1-5H3,(H,31,32). The van der Waals surface area contributed by atoms with Gasteiger partial charge in [0.05, 0.1) is 27.6 Å².